The monoisotopic (exact) mass is 316 g/mol. The molecular weight excluding hydrogens is 294 g/mol. The number of carboxylic acid groups (broad SMARTS) is 1. The van der Waals surface area contributed by atoms with Crippen LogP contribution in [0.4, 0.5) is 0 Å². The molecule has 0 radical (unpaired) electrons. The number of carbonyl (C=O) groups excluding carboxylic acids is 2. The number of aliphatic carboxylic acids is 1. The quantitative estimate of drug-likeness (QED) is 0.833. The van der Waals surface area contributed by atoms with Crippen molar-refractivity contribution in [2.75, 3.05) is 7.11 Å². The average molecular weight is 316 g/mol. The van der Waals surface area contributed by atoms with Crippen molar-refractivity contribution in [1.82, 2.24) is 5.32 Å². The van der Waals surface area contributed by atoms with Crippen LogP contribution in [0.15, 0.2) is 35.4 Å². The summed E-state index contributed by atoms with van der Waals surface area (Å²) >= 11 is 0. The van der Waals surface area contributed by atoms with Crippen molar-refractivity contribution in [1.29, 1.82) is 0 Å². The normalized spacial score (nSPS) is 21.0. The first-order valence-electron chi connectivity index (χ1n) is 7.69. The molecule has 2 unspecified atom stereocenters. The van der Waals surface area contributed by atoms with Crippen LogP contribution in [-0.2, 0) is 16.1 Å². The third-order valence-corrected chi connectivity index (χ3v) is 4.53. The summed E-state index contributed by atoms with van der Waals surface area (Å²) in [4.78, 5) is 23.8. The summed E-state index contributed by atoms with van der Waals surface area (Å²) in [5, 5.41) is 14.2. The standard InChI is InChI=1S/C18H23NO4/c1-11-8-15(16(18(21)22)9-12(11)2)17(20)19-10-13-4-6-14(23-3)7-5-13/h4-7,15-16H,8-10H2,1-3H3,(H,19,20)(H,21,22)/p-1. The molecule has 2 atom stereocenters. The minimum atomic E-state index is -1.15. The molecule has 0 spiro atoms. The van der Waals surface area contributed by atoms with E-state index in [-0.39, 0.29) is 5.91 Å². The Hall–Kier alpha value is -2.30. The predicted octanol–water partition coefficient (Wildman–Crippen LogP) is 1.42. The van der Waals surface area contributed by atoms with E-state index in [9.17, 15) is 14.7 Å². The van der Waals surface area contributed by atoms with E-state index >= 15 is 0 Å². The lowest BCUT2D eigenvalue weighted by molar-refractivity contribution is -0.313. The fourth-order valence-corrected chi connectivity index (χ4v) is 2.88. The van der Waals surface area contributed by atoms with Crippen molar-refractivity contribution in [3.63, 3.8) is 0 Å². The number of methoxy groups -OCH3 is 1. The van der Waals surface area contributed by atoms with Gasteiger partial charge in [0, 0.05) is 24.3 Å². The smallest absolute Gasteiger partial charge is 0.224 e. The zero-order chi connectivity index (χ0) is 17.0. The van der Waals surface area contributed by atoms with Gasteiger partial charge in [0.25, 0.3) is 0 Å². The van der Waals surface area contributed by atoms with Crippen LogP contribution >= 0.6 is 0 Å². The number of ether oxygens (including phenoxy) is 1. The first kappa shape index (κ1) is 17.1. The summed E-state index contributed by atoms with van der Waals surface area (Å²) in [6.07, 6.45) is 0.855. The van der Waals surface area contributed by atoms with Gasteiger partial charge in [0.2, 0.25) is 5.91 Å². The van der Waals surface area contributed by atoms with Gasteiger partial charge in [0.15, 0.2) is 0 Å². The van der Waals surface area contributed by atoms with Crippen LogP contribution in [0.3, 0.4) is 0 Å². The number of hydrogen-bond donors (Lipinski definition) is 1. The minimum absolute atomic E-state index is 0.234. The molecule has 1 aromatic rings. The molecule has 5 nitrogen and oxygen atoms in total. The van der Waals surface area contributed by atoms with Gasteiger partial charge in [0.05, 0.1) is 7.11 Å². The van der Waals surface area contributed by atoms with Gasteiger partial charge in [-0.3, -0.25) is 4.79 Å². The first-order valence-corrected chi connectivity index (χ1v) is 7.69. The summed E-state index contributed by atoms with van der Waals surface area (Å²) in [7, 11) is 1.60. The Kier molecular flexibility index (Phi) is 5.42. The van der Waals surface area contributed by atoms with Crippen LogP contribution in [0.25, 0.3) is 0 Å². The van der Waals surface area contributed by atoms with E-state index in [1.165, 1.54) is 0 Å². The molecule has 1 amide bonds. The fraction of sp³-hybridized carbons (Fsp3) is 0.444. The maximum Gasteiger partial charge on any atom is 0.224 e. The van der Waals surface area contributed by atoms with E-state index < -0.39 is 17.8 Å². The van der Waals surface area contributed by atoms with E-state index in [2.05, 4.69) is 5.32 Å². The van der Waals surface area contributed by atoms with Crippen LogP contribution in [-0.4, -0.2) is 19.0 Å². The van der Waals surface area contributed by atoms with E-state index in [1.807, 2.05) is 38.1 Å². The van der Waals surface area contributed by atoms with Gasteiger partial charge in [-0.1, -0.05) is 23.3 Å². The first-order chi connectivity index (χ1) is 10.9. The second-order valence-corrected chi connectivity index (χ2v) is 6.07. The number of nitrogens with one attached hydrogen (secondary N) is 1. The van der Waals surface area contributed by atoms with Crippen molar-refractivity contribution in [2.24, 2.45) is 11.8 Å². The van der Waals surface area contributed by atoms with Gasteiger partial charge in [-0.05, 0) is 44.4 Å². The Labute approximate surface area is 136 Å². The van der Waals surface area contributed by atoms with E-state index in [4.69, 9.17) is 4.74 Å². The summed E-state index contributed by atoms with van der Waals surface area (Å²) in [5.41, 5.74) is 3.06. The molecule has 0 saturated carbocycles. The molecule has 2 rings (SSSR count). The summed E-state index contributed by atoms with van der Waals surface area (Å²) in [6.45, 7) is 4.22. The van der Waals surface area contributed by atoms with Gasteiger partial charge in [0.1, 0.15) is 5.75 Å². The maximum atomic E-state index is 12.4. The lowest BCUT2D eigenvalue weighted by atomic mass is 9.76. The van der Waals surface area contributed by atoms with Crippen molar-refractivity contribution in [3.05, 3.63) is 41.0 Å². The topological polar surface area (TPSA) is 78.5 Å². The fourth-order valence-electron chi connectivity index (χ4n) is 2.88. The Morgan fingerprint density at radius 1 is 1.13 bits per heavy atom. The highest BCUT2D eigenvalue weighted by molar-refractivity contribution is 5.85. The van der Waals surface area contributed by atoms with Gasteiger partial charge in [-0.2, -0.15) is 0 Å². The number of benzene rings is 1. The number of amides is 1. The molecule has 1 aliphatic carbocycles. The molecular formula is C18H22NO4-. The van der Waals surface area contributed by atoms with Gasteiger partial charge in [-0.25, -0.2) is 0 Å². The van der Waals surface area contributed by atoms with Crippen LogP contribution in [0, 0.1) is 11.8 Å². The Bertz CT molecular complexity index is 618. The highest BCUT2D eigenvalue weighted by Gasteiger charge is 2.33. The molecule has 0 fully saturated rings. The number of rotatable bonds is 5. The molecule has 0 aromatic heterocycles. The minimum Gasteiger partial charge on any atom is -0.550 e. The Balaban J connectivity index is 2.02. The van der Waals surface area contributed by atoms with Crippen LogP contribution in [0.5, 0.6) is 5.75 Å². The second kappa shape index (κ2) is 7.31. The molecule has 0 saturated heterocycles. The average Bonchev–Trinajstić information content (AvgIpc) is 2.55. The van der Waals surface area contributed by atoms with E-state index in [1.54, 1.807) is 7.11 Å². The molecule has 5 heteroatoms. The second-order valence-electron chi connectivity index (χ2n) is 6.07. The van der Waals surface area contributed by atoms with Crippen molar-refractivity contribution in [3.8, 4) is 5.75 Å². The van der Waals surface area contributed by atoms with Gasteiger partial charge < -0.3 is 20.0 Å². The summed E-state index contributed by atoms with van der Waals surface area (Å²) < 4.78 is 5.09. The van der Waals surface area contributed by atoms with Crippen molar-refractivity contribution < 1.29 is 19.4 Å². The largest absolute Gasteiger partial charge is 0.550 e. The SMILES string of the molecule is COc1ccc(CNC(=O)C2CC(C)=C(C)CC2C(=O)[O-])cc1. The molecule has 1 N–H and O–H groups in total. The maximum absolute atomic E-state index is 12.4. The molecule has 0 heterocycles. The van der Waals surface area contributed by atoms with Crippen LogP contribution in [0.2, 0.25) is 0 Å². The molecule has 1 aromatic carbocycles. The third-order valence-electron chi connectivity index (χ3n) is 4.53. The number of carbonyl (C=O) groups is 2. The summed E-state index contributed by atoms with van der Waals surface area (Å²) in [5.74, 6) is -1.96. The lowest BCUT2D eigenvalue weighted by Crippen LogP contribution is -2.44. The molecule has 23 heavy (non-hydrogen) atoms. The number of allylic oxidation sites excluding steroid dienone is 2. The Morgan fingerprint density at radius 2 is 1.70 bits per heavy atom. The van der Waals surface area contributed by atoms with Gasteiger partial charge in [-0.15, -0.1) is 0 Å². The number of carboxylic acids is 1. The Morgan fingerprint density at radius 3 is 2.22 bits per heavy atom. The third kappa shape index (κ3) is 4.12. The van der Waals surface area contributed by atoms with Crippen molar-refractivity contribution >= 4 is 11.9 Å². The summed E-state index contributed by atoms with van der Waals surface area (Å²) in [6, 6.07) is 7.38. The van der Waals surface area contributed by atoms with Crippen LogP contribution < -0.4 is 15.2 Å². The van der Waals surface area contributed by atoms with Crippen LogP contribution in [0.1, 0.15) is 32.3 Å². The highest BCUT2D eigenvalue weighted by atomic mass is 16.5. The highest BCUT2D eigenvalue weighted by Crippen LogP contribution is 2.34. The lowest BCUT2D eigenvalue weighted by Gasteiger charge is -2.32. The molecule has 0 bridgehead atoms. The number of hydrogen-bond acceptors (Lipinski definition) is 4. The van der Waals surface area contributed by atoms with E-state index in [0.29, 0.717) is 19.4 Å². The molecule has 0 aliphatic heterocycles. The zero-order valence-electron chi connectivity index (χ0n) is 13.7. The zero-order valence-corrected chi connectivity index (χ0v) is 13.7. The van der Waals surface area contributed by atoms with Gasteiger partial charge >= 0.3 is 0 Å². The predicted molar refractivity (Wildman–Crippen MR) is 84.4 cm³/mol. The molecule has 124 valence electrons. The molecule has 1 aliphatic rings. The van der Waals surface area contributed by atoms with E-state index in [0.717, 1.165) is 22.5 Å². The van der Waals surface area contributed by atoms with Crippen molar-refractivity contribution in [2.45, 2.75) is 33.2 Å².